The maximum Gasteiger partial charge on any atom is 0.180 e. The number of hydrogen-bond acceptors (Lipinski definition) is 3. The van der Waals surface area contributed by atoms with E-state index in [1.807, 2.05) is 0 Å². The molecule has 0 spiro atoms. The minimum Gasteiger partial charge on any atom is -0.342 e. The molecular formula is C6H6N4. The molecule has 0 aliphatic rings. The Hall–Kier alpha value is -1.45. The van der Waals surface area contributed by atoms with Crippen LogP contribution in [-0.4, -0.2) is 19.9 Å². The summed E-state index contributed by atoms with van der Waals surface area (Å²) in [4.78, 5) is 14.1. The topological polar surface area (TPSA) is 54.5 Å². The molecule has 0 fully saturated rings. The zero-order valence-corrected chi connectivity index (χ0v) is 5.00. The van der Waals surface area contributed by atoms with Crippen molar-refractivity contribution >= 4 is 11.2 Å². The lowest BCUT2D eigenvalue weighted by Crippen LogP contribution is -1.85. The predicted molar refractivity (Wildman–Crippen MR) is 36.4 cm³/mol. The lowest BCUT2D eigenvalue weighted by Gasteiger charge is -1.87. The Morgan fingerprint density at radius 2 is 2.60 bits per heavy atom. The van der Waals surface area contributed by atoms with Crippen molar-refractivity contribution in [3.05, 3.63) is 18.3 Å². The molecule has 0 aliphatic carbocycles. The Morgan fingerprint density at radius 3 is 3.50 bits per heavy atom. The summed E-state index contributed by atoms with van der Waals surface area (Å²) < 4.78 is 21.2. The minimum atomic E-state index is -2.27. The van der Waals surface area contributed by atoms with E-state index in [0.717, 1.165) is 0 Å². The van der Waals surface area contributed by atoms with Crippen molar-refractivity contribution in [2.75, 3.05) is 0 Å². The van der Waals surface area contributed by atoms with Crippen LogP contribution in [0.15, 0.2) is 12.5 Å². The number of imidazole rings is 1. The summed E-state index contributed by atoms with van der Waals surface area (Å²) in [5, 5.41) is 0. The molecule has 0 aromatic carbocycles. The second kappa shape index (κ2) is 1.76. The maximum atomic E-state index is 7.07. The second-order valence-electron chi connectivity index (χ2n) is 1.83. The number of fused-ring (bicyclic) bond motifs is 1. The van der Waals surface area contributed by atoms with Gasteiger partial charge in [-0.05, 0) is 6.85 Å². The van der Waals surface area contributed by atoms with Crippen LogP contribution in [0.5, 0.6) is 0 Å². The summed E-state index contributed by atoms with van der Waals surface area (Å²) in [5.41, 5.74) is 1.01. The molecule has 50 valence electrons. The fraction of sp³-hybridized carbons (Fsp3) is 0.167. The number of aryl methyl sites for hydroxylation is 1. The molecule has 0 saturated carbocycles. The van der Waals surface area contributed by atoms with Crippen molar-refractivity contribution in [3.63, 3.8) is 0 Å². The van der Waals surface area contributed by atoms with Gasteiger partial charge in [-0.3, -0.25) is 0 Å². The third kappa shape index (κ3) is 0.655. The molecule has 0 radical (unpaired) electrons. The zero-order chi connectivity index (χ0) is 9.47. The van der Waals surface area contributed by atoms with E-state index >= 15 is 0 Å². The number of nitrogens with one attached hydrogen (secondary N) is 1. The number of H-pyrrole nitrogens is 1. The summed E-state index contributed by atoms with van der Waals surface area (Å²) in [5.74, 6) is -0.174. The van der Waals surface area contributed by atoms with Gasteiger partial charge in [0.25, 0.3) is 0 Å². The van der Waals surface area contributed by atoms with Crippen LogP contribution in [0.3, 0.4) is 0 Å². The molecule has 2 aromatic heterocycles. The largest absolute Gasteiger partial charge is 0.342 e. The quantitative estimate of drug-likeness (QED) is 0.580. The summed E-state index contributed by atoms with van der Waals surface area (Å²) in [6.45, 7) is -2.27. The molecule has 0 atom stereocenters. The number of aromatic amines is 1. The lowest BCUT2D eigenvalue weighted by molar-refractivity contribution is 1.08. The van der Waals surface area contributed by atoms with Crippen molar-refractivity contribution in [3.8, 4) is 0 Å². The Balaban J connectivity index is 2.61. The van der Waals surface area contributed by atoms with Crippen LogP contribution < -0.4 is 0 Å². The van der Waals surface area contributed by atoms with Gasteiger partial charge in [0.15, 0.2) is 5.65 Å². The first-order valence-electron chi connectivity index (χ1n) is 4.24. The fourth-order valence-corrected chi connectivity index (χ4v) is 0.736. The van der Waals surface area contributed by atoms with Crippen molar-refractivity contribution in [1.82, 2.24) is 19.9 Å². The highest BCUT2D eigenvalue weighted by atomic mass is 15.0. The molecule has 10 heavy (non-hydrogen) atoms. The number of hydrogen-bond donors (Lipinski definition) is 1. The molecule has 2 aromatic rings. The number of nitrogens with zero attached hydrogens (tertiary/aromatic N) is 3. The van der Waals surface area contributed by atoms with Crippen LogP contribution in [0.25, 0.3) is 11.2 Å². The van der Waals surface area contributed by atoms with Gasteiger partial charge >= 0.3 is 0 Å². The Labute approximate surface area is 61.6 Å². The van der Waals surface area contributed by atoms with E-state index in [9.17, 15) is 0 Å². The van der Waals surface area contributed by atoms with Crippen LogP contribution in [0.2, 0.25) is 0 Å². The van der Waals surface area contributed by atoms with Gasteiger partial charge in [-0.25, -0.2) is 15.0 Å². The maximum absolute atomic E-state index is 7.07. The van der Waals surface area contributed by atoms with Crippen LogP contribution in [0.1, 0.15) is 9.94 Å². The predicted octanol–water partition coefficient (Wildman–Crippen LogP) is 0.661. The van der Waals surface area contributed by atoms with Gasteiger partial charge in [-0.1, -0.05) is 0 Å². The highest BCUT2D eigenvalue weighted by Gasteiger charge is 1.95. The van der Waals surface area contributed by atoms with Gasteiger partial charge in [-0.2, -0.15) is 0 Å². The fourth-order valence-electron chi connectivity index (χ4n) is 0.736. The number of aromatic nitrogens is 4. The summed E-state index contributed by atoms with van der Waals surface area (Å²) in [6.07, 6.45) is 2.86. The van der Waals surface area contributed by atoms with E-state index in [-0.39, 0.29) is 5.82 Å². The van der Waals surface area contributed by atoms with E-state index in [2.05, 4.69) is 19.9 Å². The molecule has 0 unspecified atom stereocenters. The lowest BCUT2D eigenvalue weighted by atomic mass is 10.5. The summed E-state index contributed by atoms with van der Waals surface area (Å²) >= 11 is 0. The van der Waals surface area contributed by atoms with E-state index in [0.29, 0.717) is 11.2 Å². The van der Waals surface area contributed by atoms with Gasteiger partial charge < -0.3 is 4.98 Å². The van der Waals surface area contributed by atoms with Crippen LogP contribution in [0.4, 0.5) is 0 Å². The highest BCUT2D eigenvalue weighted by molar-refractivity contribution is 5.67. The van der Waals surface area contributed by atoms with Gasteiger partial charge in [-0.15, -0.1) is 0 Å². The van der Waals surface area contributed by atoms with Crippen LogP contribution in [-0.2, 0) is 0 Å². The SMILES string of the molecule is [2H]C([2H])([2H])c1ncc2[nH]cnc2n1. The molecule has 2 rings (SSSR count). The molecule has 4 heteroatoms. The molecule has 0 saturated heterocycles. The van der Waals surface area contributed by atoms with Gasteiger partial charge in [0.05, 0.1) is 12.5 Å². The Morgan fingerprint density at radius 1 is 1.60 bits per heavy atom. The normalized spacial score (nSPS) is 16.2. The minimum absolute atomic E-state index is 0.174. The van der Waals surface area contributed by atoms with Crippen LogP contribution in [0, 0.1) is 6.85 Å². The zero-order valence-electron chi connectivity index (χ0n) is 8.00. The van der Waals surface area contributed by atoms with E-state index in [1.54, 1.807) is 0 Å². The molecular weight excluding hydrogens is 128 g/mol. The second-order valence-corrected chi connectivity index (χ2v) is 1.83. The van der Waals surface area contributed by atoms with Crippen molar-refractivity contribution < 1.29 is 4.11 Å². The van der Waals surface area contributed by atoms with E-state index in [4.69, 9.17) is 4.11 Å². The van der Waals surface area contributed by atoms with Crippen molar-refractivity contribution in [2.45, 2.75) is 6.85 Å². The average Bonchev–Trinajstić information content (AvgIpc) is 2.47. The first-order chi connectivity index (χ1) is 6.07. The van der Waals surface area contributed by atoms with Gasteiger partial charge in [0, 0.05) is 4.11 Å². The van der Waals surface area contributed by atoms with E-state index < -0.39 is 6.85 Å². The smallest absolute Gasteiger partial charge is 0.180 e. The average molecular weight is 137 g/mol. The number of rotatable bonds is 0. The van der Waals surface area contributed by atoms with Crippen molar-refractivity contribution in [1.29, 1.82) is 0 Å². The van der Waals surface area contributed by atoms with Crippen molar-refractivity contribution in [2.24, 2.45) is 0 Å². The first-order valence-corrected chi connectivity index (χ1v) is 2.74. The molecule has 0 amide bonds. The Kier molecular flexibility index (Phi) is 0.546. The molecule has 0 aliphatic heterocycles. The summed E-state index contributed by atoms with van der Waals surface area (Å²) in [7, 11) is 0. The Bertz CT molecular complexity index is 433. The van der Waals surface area contributed by atoms with Gasteiger partial charge in [0.2, 0.25) is 0 Å². The monoisotopic (exact) mass is 137 g/mol. The molecule has 4 nitrogen and oxygen atoms in total. The van der Waals surface area contributed by atoms with Crippen LogP contribution >= 0.6 is 0 Å². The third-order valence-electron chi connectivity index (χ3n) is 1.18. The molecule has 2 heterocycles. The summed E-state index contributed by atoms with van der Waals surface area (Å²) in [6, 6.07) is 0. The third-order valence-corrected chi connectivity index (χ3v) is 1.18. The molecule has 0 bridgehead atoms. The highest BCUT2D eigenvalue weighted by Crippen LogP contribution is 2.02. The molecule has 1 N–H and O–H groups in total. The van der Waals surface area contributed by atoms with E-state index in [1.165, 1.54) is 12.5 Å². The standard InChI is InChI=1S/C6H6N4/c1-4-7-2-5-6(10-4)9-3-8-5/h2-3H,1H3,(H,7,8,9,10)/i1D3. The van der Waals surface area contributed by atoms with Gasteiger partial charge in [0.1, 0.15) is 11.3 Å². The first kappa shape index (κ1) is 3.09.